The van der Waals surface area contributed by atoms with Crippen LogP contribution in [0.15, 0.2) is 6.20 Å². The Morgan fingerprint density at radius 1 is 1.26 bits per heavy atom. The van der Waals surface area contributed by atoms with Gasteiger partial charge in [-0.1, -0.05) is 13.3 Å². The van der Waals surface area contributed by atoms with E-state index in [-0.39, 0.29) is 0 Å². The Morgan fingerprint density at radius 2 is 2.13 bits per heavy atom. The van der Waals surface area contributed by atoms with Gasteiger partial charge < -0.3 is 9.64 Å². The van der Waals surface area contributed by atoms with Crippen LogP contribution in [0.4, 0.5) is 5.82 Å². The summed E-state index contributed by atoms with van der Waals surface area (Å²) in [6.45, 7) is 9.27. The first-order valence-electron chi connectivity index (χ1n) is 9.17. The molecule has 5 nitrogen and oxygen atoms in total. The molecule has 5 heteroatoms. The van der Waals surface area contributed by atoms with Crippen molar-refractivity contribution in [2.75, 3.05) is 37.7 Å². The summed E-state index contributed by atoms with van der Waals surface area (Å²) in [6.07, 6.45) is 7.01. The van der Waals surface area contributed by atoms with Crippen molar-refractivity contribution in [1.82, 2.24) is 14.9 Å². The van der Waals surface area contributed by atoms with E-state index in [9.17, 15) is 0 Å². The molecule has 0 spiro atoms. The van der Waals surface area contributed by atoms with Crippen LogP contribution in [-0.2, 0) is 11.2 Å². The topological polar surface area (TPSA) is 41.5 Å². The average Bonchev–Trinajstić information content (AvgIpc) is 3.40. The third-order valence-corrected chi connectivity index (χ3v) is 5.50. The largest absolute Gasteiger partial charge is 0.378 e. The highest BCUT2D eigenvalue weighted by molar-refractivity contribution is 5.47. The molecule has 2 aliphatic heterocycles. The normalized spacial score (nSPS) is 28.7. The van der Waals surface area contributed by atoms with E-state index in [1.807, 2.05) is 13.1 Å². The van der Waals surface area contributed by atoms with Gasteiger partial charge >= 0.3 is 0 Å². The summed E-state index contributed by atoms with van der Waals surface area (Å²) in [5, 5.41) is 0. The Bertz CT molecular complexity index is 560. The Hall–Kier alpha value is -1.20. The van der Waals surface area contributed by atoms with Crippen molar-refractivity contribution in [3.63, 3.8) is 0 Å². The summed E-state index contributed by atoms with van der Waals surface area (Å²) in [4.78, 5) is 14.4. The number of ether oxygens (including phenoxy) is 1. The highest BCUT2D eigenvalue weighted by atomic mass is 16.5. The lowest BCUT2D eigenvalue weighted by Gasteiger charge is -2.48. The fourth-order valence-corrected chi connectivity index (χ4v) is 4.16. The molecule has 126 valence electrons. The first-order chi connectivity index (χ1) is 11.3. The number of fused-ring (bicyclic) bond motifs is 1. The number of aryl methyl sites for hydroxylation is 2. The first kappa shape index (κ1) is 15.3. The second-order valence-corrected chi connectivity index (χ2v) is 7.30. The van der Waals surface area contributed by atoms with E-state index < -0.39 is 0 Å². The quantitative estimate of drug-likeness (QED) is 0.850. The molecule has 1 aliphatic carbocycles. The van der Waals surface area contributed by atoms with Gasteiger partial charge in [0.15, 0.2) is 0 Å². The van der Waals surface area contributed by atoms with Gasteiger partial charge in [-0.3, -0.25) is 4.90 Å². The van der Waals surface area contributed by atoms with Crippen LogP contribution in [-0.4, -0.2) is 59.8 Å². The standard InChI is InChI=1S/C18H28N4O/c1-3-4-15-9-19-13(2)20-18(15)21-7-8-22-16(10-21)11-23-12-17(22)14-5-6-14/h9,14,16-17H,3-8,10-12H2,1-2H3/t16-,17-/m1/s1. The molecule has 23 heavy (non-hydrogen) atoms. The Kier molecular flexibility index (Phi) is 4.24. The van der Waals surface area contributed by atoms with Crippen molar-refractivity contribution in [3.05, 3.63) is 17.6 Å². The van der Waals surface area contributed by atoms with E-state index in [2.05, 4.69) is 21.7 Å². The second-order valence-electron chi connectivity index (χ2n) is 7.30. The van der Waals surface area contributed by atoms with Crippen LogP contribution in [0, 0.1) is 12.8 Å². The second kappa shape index (κ2) is 6.36. The van der Waals surface area contributed by atoms with Crippen LogP contribution < -0.4 is 4.90 Å². The molecule has 2 saturated heterocycles. The molecule has 0 unspecified atom stereocenters. The maximum atomic E-state index is 5.94. The van der Waals surface area contributed by atoms with E-state index in [1.165, 1.54) is 18.4 Å². The summed E-state index contributed by atoms with van der Waals surface area (Å²) in [7, 11) is 0. The lowest BCUT2D eigenvalue weighted by atomic mass is 10.0. The highest BCUT2D eigenvalue weighted by Gasteiger charge is 2.43. The summed E-state index contributed by atoms with van der Waals surface area (Å²) in [5.41, 5.74) is 1.29. The predicted octanol–water partition coefficient (Wildman–Crippen LogP) is 2.04. The molecular weight excluding hydrogens is 288 g/mol. The molecule has 3 heterocycles. The van der Waals surface area contributed by atoms with Gasteiger partial charge in [-0.15, -0.1) is 0 Å². The van der Waals surface area contributed by atoms with Gasteiger partial charge in [0.05, 0.1) is 19.3 Å². The van der Waals surface area contributed by atoms with Crippen LogP contribution in [0.1, 0.15) is 37.6 Å². The lowest BCUT2D eigenvalue weighted by Crippen LogP contribution is -2.62. The zero-order chi connectivity index (χ0) is 15.8. The molecule has 1 aromatic heterocycles. The molecule has 1 saturated carbocycles. The maximum Gasteiger partial charge on any atom is 0.135 e. The third-order valence-electron chi connectivity index (χ3n) is 5.50. The van der Waals surface area contributed by atoms with Crippen molar-refractivity contribution in [1.29, 1.82) is 0 Å². The molecule has 0 bridgehead atoms. The van der Waals surface area contributed by atoms with E-state index in [0.29, 0.717) is 12.1 Å². The Morgan fingerprint density at radius 3 is 2.91 bits per heavy atom. The van der Waals surface area contributed by atoms with E-state index in [4.69, 9.17) is 9.72 Å². The average molecular weight is 316 g/mol. The summed E-state index contributed by atoms with van der Waals surface area (Å²) < 4.78 is 5.94. The number of nitrogens with zero attached hydrogens (tertiary/aromatic N) is 4. The molecule has 4 rings (SSSR count). The first-order valence-corrected chi connectivity index (χ1v) is 9.17. The zero-order valence-electron chi connectivity index (χ0n) is 14.4. The molecule has 2 atom stereocenters. The predicted molar refractivity (Wildman–Crippen MR) is 90.8 cm³/mol. The molecule has 3 fully saturated rings. The number of morpholine rings is 1. The number of hydrogen-bond acceptors (Lipinski definition) is 5. The van der Waals surface area contributed by atoms with Crippen LogP contribution in [0.3, 0.4) is 0 Å². The molecule has 0 radical (unpaired) electrons. The molecule has 3 aliphatic rings. The van der Waals surface area contributed by atoms with E-state index in [1.54, 1.807) is 0 Å². The Balaban J connectivity index is 1.52. The van der Waals surface area contributed by atoms with Crippen molar-refractivity contribution >= 4 is 5.82 Å². The maximum absolute atomic E-state index is 5.94. The fourth-order valence-electron chi connectivity index (χ4n) is 4.16. The number of hydrogen-bond donors (Lipinski definition) is 0. The highest BCUT2D eigenvalue weighted by Crippen LogP contribution is 2.38. The number of rotatable bonds is 4. The van der Waals surface area contributed by atoms with Crippen molar-refractivity contribution < 1.29 is 4.74 Å². The van der Waals surface area contributed by atoms with Gasteiger partial charge in [-0.25, -0.2) is 9.97 Å². The van der Waals surface area contributed by atoms with E-state index in [0.717, 1.165) is 63.2 Å². The van der Waals surface area contributed by atoms with Crippen LogP contribution in [0.5, 0.6) is 0 Å². The number of anilines is 1. The van der Waals surface area contributed by atoms with Crippen LogP contribution in [0.25, 0.3) is 0 Å². The van der Waals surface area contributed by atoms with E-state index >= 15 is 0 Å². The molecule has 0 amide bonds. The molecule has 0 N–H and O–H groups in total. The zero-order valence-corrected chi connectivity index (χ0v) is 14.4. The number of aromatic nitrogens is 2. The SMILES string of the molecule is CCCc1cnc(C)nc1N1CCN2[C@@H](COC[C@@H]2C2CC2)C1. The minimum absolute atomic E-state index is 0.521. The minimum Gasteiger partial charge on any atom is -0.378 e. The lowest BCUT2D eigenvalue weighted by molar-refractivity contribution is -0.0604. The summed E-state index contributed by atoms with van der Waals surface area (Å²) in [6, 6.07) is 1.19. The third kappa shape index (κ3) is 3.09. The van der Waals surface area contributed by atoms with Gasteiger partial charge in [0.2, 0.25) is 0 Å². The Labute approximate surface area is 139 Å². The summed E-state index contributed by atoms with van der Waals surface area (Å²) >= 11 is 0. The van der Waals surface area contributed by atoms with Gasteiger partial charge in [-0.2, -0.15) is 0 Å². The van der Waals surface area contributed by atoms with Gasteiger partial charge in [-0.05, 0) is 32.1 Å². The summed E-state index contributed by atoms with van der Waals surface area (Å²) in [5.74, 6) is 2.92. The van der Waals surface area contributed by atoms with Gasteiger partial charge in [0.25, 0.3) is 0 Å². The minimum atomic E-state index is 0.521. The monoisotopic (exact) mass is 316 g/mol. The molecular formula is C18H28N4O. The van der Waals surface area contributed by atoms with Crippen molar-refractivity contribution in [3.8, 4) is 0 Å². The van der Waals surface area contributed by atoms with Crippen molar-refractivity contribution in [2.45, 2.75) is 51.6 Å². The fraction of sp³-hybridized carbons (Fsp3) is 0.778. The van der Waals surface area contributed by atoms with Crippen LogP contribution >= 0.6 is 0 Å². The molecule has 1 aromatic rings. The van der Waals surface area contributed by atoms with Gasteiger partial charge in [0.1, 0.15) is 11.6 Å². The smallest absolute Gasteiger partial charge is 0.135 e. The van der Waals surface area contributed by atoms with Crippen molar-refractivity contribution in [2.24, 2.45) is 5.92 Å². The van der Waals surface area contributed by atoms with Gasteiger partial charge in [0, 0.05) is 37.4 Å². The number of piperazine rings is 1. The molecule has 0 aromatic carbocycles. The van der Waals surface area contributed by atoms with Crippen LogP contribution in [0.2, 0.25) is 0 Å².